The number of non-ortho nitro benzene ring substituents is 1. The fourth-order valence-corrected chi connectivity index (χ4v) is 1.98. The van der Waals surface area contributed by atoms with Crippen LogP contribution in [0.25, 0.3) is 11.3 Å². The number of carbonyl (C=O) groups excluding carboxylic acids is 2. The molecule has 2 aromatic rings. The third-order valence-corrected chi connectivity index (χ3v) is 3.09. The number of hydrogen-bond donors (Lipinski definition) is 1. The number of nitro benzene ring substituents is 1. The van der Waals surface area contributed by atoms with E-state index in [1.54, 1.807) is 24.3 Å². The maximum absolute atomic E-state index is 11.3. The van der Waals surface area contributed by atoms with Crippen LogP contribution < -0.4 is 5.32 Å². The minimum Gasteiger partial charge on any atom is -0.455 e. The zero-order valence-electron chi connectivity index (χ0n) is 13.1. The Bertz CT molecular complexity index is 817. The van der Waals surface area contributed by atoms with Gasteiger partial charge in [0.25, 0.3) is 5.69 Å². The van der Waals surface area contributed by atoms with Gasteiger partial charge in [-0.15, -0.1) is 0 Å². The van der Waals surface area contributed by atoms with Gasteiger partial charge in [0.1, 0.15) is 18.1 Å². The monoisotopic (exact) mass is 355 g/mol. The van der Waals surface area contributed by atoms with Crippen LogP contribution in [0.1, 0.15) is 5.76 Å². The third kappa shape index (κ3) is 4.73. The summed E-state index contributed by atoms with van der Waals surface area (Å²) in [6.07, 6.45) is 1.31. The van der Waals surface area contributed by atoms with E-state index in [-0.39, 0.29) is 47.3 Å². The molecule has 1 radical (unpaired) electrons. The van der Waals surface area contributed by atoms with Crippen LogP contribution in [-0.4, -0.2) is 69.7 Å². The van der Waals surface area contributed by atoms with Gasteiger partial charge in [0.05, 0.1) is 11.1 Å². The number of hydrogen-bond acceptors (Lipinski definition) is 6. The molecule has 0 bridgehead atoms. The Balaban J connectivity index is 0.00000156. The van der Waals surface area contributed by atoms with Gasteiger partial charge in [-0.05, 0) is 24.3 Å². The van der Waals surface area contributed by atoms with E-state index in [4.69, 9.17) is 4.42 Å². The number of benzene rings is 1. The number of rotatable bonds is 4. The Kier molecular flexibility index (Phi) is 7.00. The first-order valence-corrected chi connectivity index (χ1v) is 6.53. The van der Waals surface area contributed by atoms with E-state index in [2.05, 4.69) is 10.4 Å². The van der Waals surface area contributed by atoms with Gasteiger partial charge in [-0.1, -0.05) is 0 Å². The van der Waals surface area contributed by atoms with E-state index in [1.807, 2.05) is 0 Å². The summed E-state index contributed by atoms with van der Waals surface area (Å²) in [4.78, 5) is 32.5. The number of nitrogens with one attached hydrogen (secondary N) is 1. The minimum absolute atomic E-state index is 0. The predicted octanol–water partition coefficient (Wildman–Crippen LogP) is 0.535. The second kappa shape index (κ2) is 8.53. The summed E-state index contributed by atoms with van der Waals surface area (Å²) in [6.45, 7) is -0.134. The third-order valence-electron chi connectivity index (χ3n) is 3.09. The number of carbonyl (C=O) groups is 2. The largest absolute Gasteiger partial charge is 0.455 e. The van der Waals surface area contributed by atoms with Crippen molar-refractivity contribution in [1.29, 1.82) is 0 Å². The second-order valence-corrected chi connectivity index (χ2v) is 4.66. The standard InChI is InChI=1S/C14H10N4O5.Na.H2O/c19-13-8-17(14(20)16-13)15-7-11-5-6-12(23-11)9-1-3-10(4-2-9)18(21)22;;/h1-7H,8H2,(H,16,19,20);;1H2/b15-7+;;. The van der Waals surface area contributed by atoms with E-state index in [0.29, 0.717) is 17.1 Å². The Morgan fingerprint density at radius 1 is 1.20 bits per heavy atom. The first kappa shape index (κ1) is 20.5. The normalized spacial score (nSPS) is 13.4. The number of nitro groups is 1. The van der Waals surface area contributed by atoms with Crippen molar-refractivity contribution < 1.29 is 24.4 Å². The fraction of sp³-hybridized carbons (Fsp3) is 0.0714. The van der Waals surface area contributed by atoms with Gasteiger partial charge in [-0.2, -0.15) is 5.10 Å². The zero-order valence-corrected chi connectivity index (χ0v) is 15.1. The summed E-state index contributed by atoms with van der Waals surface area (Å²) in [5.74, 6) is 0.465. The molecule has 0 atom stereocenters. The molecule has 1 aromatic heterocycles. The van der Waals surface area contributed by atoms with Gasteiger partial charge in [0.15, 0.2) is 0 Å². The Hall–Kier alpha value is -2.53. The molecule has 1 aliphatic rings. The number of imide groups is 1. The van der Waals surface area contributed by atoms with Crippen LogP contribution in [0.5, 0.6) is 0 Å². The first-order chi connectivity index (χ1) is 11.0. The van der Waals surface area contributed by atoms with Crippen molar-refractivity contribution >= 4 is 53.4 Å². The molecule has 2 heterocycles. The quantitative estimate of drug-likeness (QED) is 0.279. The van der Waals surface area contributed by atoms with Crippen molar-refractivity contribution in [3.05, 3.63) is 52.3 Å². The first-order valence-electron chi connectivity index (χ1n) is 6.53. The Morgan fingerprint density at radius 3 is 2.44 bits per heavy atom. The van der Waals surface area contributed by atoms with Crippen molar-refractivity contribution in [1.82, 2.24) is 10.3 Å². The summed E-state index contributed by atoms with van der Waals surface area (Å²) in [7, 11) is 0. The number of urea groups is 1. The van der Waals surface area contributed by atoms with Crippen LogP contribution in [0.3, 0.4) is 0 Å². The molecule has 3 amide bonds. The van der Waals surface area contributed by atoms with Crippen molar-refractivity contribution in [2.45, 2.75) is 0 Å². The molecule has 1 saturated heterocycles. The van der Waals surface area contributed by atoms with E-state index in [0.717, 1.165) is 5.01 Å². The summed E-state index contributed by atoms with van der Waals surface area (Å²) in [5, 5.41) is 17.6. The van der Waals surface area contributed by atoms with E-state index >= 15 is 0 Å². The fourth-order valence-electron chi connectivity index (χ4n) is 1.98. The molecule has 3 rings (SSSR count). The molecule has 0 saturated carbocycles. The molecule has 1 fully saturated rings. The molecule has 10 nitrogen and oxygen atoms in total. The molecule has 0 spiro atoms. The van der Waals surface area contributed by atoms with Gasteiger partial charge in [0.2, 0.25) is 5.91 Å². The van der Waals surface area contributed by atoms with Crippen molar-refractivity contribution in [3.63, 3.8) is 0 Å². The van der Waals surface area contributed by atoms with Crippen LogP contribution in [0.15, 0.2) is 45.9 Å². The summed E-state index contributed by atoms with van der Waals surface area (Å²) >= 11 is 0. The van der Waals surface area contributed by atoms with Crippen LogP contribution in [0.4, 0.5) is 10.5 Å². The maximum atomic E-state index is 11.3. The van der Waals surface area contributed by atoms with Gasteiger partial charge < -0.3 is 9.89 Å². The number of nitrogens with zero attached hydrogens (tertiary/aromatic N) is 3. The number of amides is 3. The molecule has 0 unspecified atom stereocenters. The average Bonchev–Trinajstić information content (AvgIpc) is 3.11. The zero-order chi connectivity index (χ0) is 16.4. The van der Waals surface area contributed by atoms with Crippen molar-refractivity contribution in [3.8, 4) is 11.3 Å². The smallest absolute Gasteiger partial charge is 0.344 e. The van der Waals surface area contributed by atoms with Gasteiger partial charge >= 0.3 is 6.03 Å². The molecule has 25 heavy (non-hydrogen) atoms. The van der Waals surface area contributed by atoms with E-state index in [9.17, 15) is 19.7 Å². The number of hydrazone groups is 1. The number of furan rings is 1. The summed E-state index contributed by atoms with van der Waals surface area (Å²) < 4.78 is 5.53. The van der Waals surface area contributed by atoms with Crippen LogP contribution in [0.2, 0.25) is 0 Å². The van der Waals surface area contributed by atoms with Crippen molar-refractivity contribution in [2.75, 3.05) is 6.54 Å². The van der Waals surface area contributed by atoms with E-state index < -0.39 is 16.9 Å². The van der Waals surface area contributed by atoms with Gasteiger partial charge in [-0.25, -0.2) is 9.80 Å². The van der Waals surface area contributed by atoms with Gasteiger partial charge in [-0.3, -0.25) is 20.2 Å². The predicted molar refractivity (Wildman–Crippen MR) is 88.0 cm³/mol. The molecule has 1 aliphatic heterocycles. The van der Waals surface area contributed by atoms with Crippen molar-refractivity contribution in [2.24, 2.45) is 5.10 Å². The molecule has 3 N–H and O–H groups in total. The average molecular weight is 355 g/mol. The van der Waals surface area contributed by atoms with Crippen LogP contribution in [-0.2, 0) is 4.79 Å². The van der Waals surface area contributed by atoms with Crippen LogP contribution in [0, 0.1) is 10.1 Å². The molecule has 0 aliphatic carbocycles. The summed E-state index contributed by atoms with van der Waals surface area (Å²) in [5.41, 5.74) is 0.663. The van der Waals surface area contributed by atoms with Crippen LogP contribution >= 0.6 is 0 Å². The van der Waals surface area contributed by atoms with E-state index in [1.165, 1.54) is 18.3 Å². The Labute approximate surface area is 163 Å². The topological polar surface area (TPSA) is 150 Å². The Morgan fingerprint density at radius 2 is 1.88 bits per heavy atom. The molecule has 11 heteroatoms. The second-order valence-electron chi connectivity index (χ2n) is 4.66. The maximum Gasteiger partial charge on any atom is 0.344 e. The molecular weight excluding hydrogens is 343 g/mol. The van der Waals surface area contributed by atoms with Gasteiger partial charge in [0, 0.05) is 47.3 Å². The SMILES string of the molecule is O.O=C1CN(/N=C/c2ccc(-c3ccc([N+](=O)[O-])cc3)o2)C(=O)N1.[Na]. The molecule has 125 valence electrons. The molecular formula is C14H12N4NaO6. The summed E-state index contributed by atoms with van der Waals surface area (Å²) in [6, 6.07) is 8.63. The molecule has 1 aromatic carbocycles. The minimum atomic E-state index is -0.589.